The third-order valence-corrected chi connectivity index (χ3v) is 6.12. The molecule has 2 atom stereocenters. The van der Waals surface area contributed by atoms with Crippen molar-refractivity contribution in [2.45, 2.75) is 51.7 Å². The number of nitrogens with zero attached hydrogens (tertiary/aromatic N) is 1. The van der Waals surface area contributed by atoms with Crippen LogP contribution in [0.5, 0.6) is 5.75 Å². The summed E-state index contributed by atoms with van der Waals surface area (Å²) < 4.78 is 17.0. The number of likely N-dealkylation sites (tertiary alicyclic amines) is 1. The Hall–Kier alpha value is -3.06. The first-order valence-corrected chi connectivity index (χ1v) is 11.0. The van der Waals surface area contributed by atoms with E-state index in [2.05, 4.69) is 0 Å². The van der Waals surface area contributed by atoms with Crippen LogP contribution in [0.3, 0.4) is 0 Å². The van der Waals surface area contributed by atoms with Crippen molar-refractivity contribution in [1.82, 2.24) is 4.90 Å². The molecule has 0 bridgehead atoms. The Bertz CT molecular complexity index is 1060. The number of carbonyl (C=O) groups is 2. The Morgan fingerprint density at radius 2 is 2.03 bits per heavy atom. The molecule has 1 aromatic carbocycles. The van der Waals surface area contributed by atoms with Crippen molar-refractivity contribution in [2.24, 2.45) is 0 Å². The van der Waals surface area contributed by atoms with Crippen LogP contribution in [-0.4, -0.2) is 48.1 Å². The van der Waals surface area contributed by atoms with E-state index >= 15 is 0 Å². The highest BCUT2D eigenvalue weighted by Gasteiger charge is 2.48. The van der Waals surface area contributed by atoms with E-state index in [0.717, 1.165) is 18.4 Å². The van der Waals surface area contributed by atoms with Crippen molar-refractivity contribution >= 4 is 17.4 Å². The van der Waals surface area contributed by atoms with Gasteiger partial charge in [0.2, 0.25) is 0 Å². The number of Topliss-reactive ketones (excluding diaryl/α,β-unsaturated/α-hetero) is 1. The normalized spacial score (nSPS) is 22.8. The Morgan fingerprint density at radius 1 is 1.25 bits per heavy atom. The molecule has 1 aromatic heterocycles. The number of benzene rings is 1. The molecule has 7 heteroatoms. The first kappa shape index (κ1) is 22.1. The third-order valence-electron chi connectivity index (χ3n) is 6.12. The summed E-state index contributed by atoms with van der Waals surface area (Å²) in [6, 6.07) is 7.98. The van der Waals surface area contributed by atoms with E-state index in [1.54, 1.807) is 44.4 Å². The lowest BCUT2D eigenvalue weighted by molar-refractivity contribution is -0.141. The Kier molecular flexibility index (Phi) is 6.11. The van der Waals surface area contributed by atoms with Gasteiger partial charge in [-0.25, -0.2) is 0 Å². The van der Waals surface area contributed by atoms with Crippen molar-refractivity contribution in [3.05, 3.63) is 58.6 Å². The Labute approximate surface area is 187 Å². The number of methoxy groups -OCH3 is 1. The van der Waals surface area contributed by atoms with E-state index in [4.69, 9.17) is 13.9 Å². The van der Waals surface area contributed by atoms with Crippen LogP contribution in [0.4, 0.5) is 0 Å². The van der Waals surface area contributed by atoms with Gasteiger partial charge >= 0.3 is 0 Å². The highest BCUT2D eigenvalue weighted by Crippen LogP contribution is 2.41. The fourth-order valence-electron chi connectivity index (χ4n) is 4.46. The van der Waals surface area contributed by atoms with Gasteiger partial charge < -0.3 is 23.9 Å². The summed E-state index contributed by atoms with van der Waals surface area (Å²) in [5.74, 6) is 0.354. The van der Waals surface area contributed by atoms with Gasteiger partial charge in [-0.05, 0) is 61.6 Å². The van der Waals surface area contributed by atoms with Crippen LogP contribution < -0.4 is 4.74 Å². The standard InChI is InChI=1S/C25H29NO6/c1-14(2)18-12-16(8-10-19(18)30-4)23(27)21-22(20-9-7-15(3)32-20)26(25(29)24(21)28)13-17-6-5-11-31-17/h7-10,12,14,17,22,27H,5-6,11,13H2,1-4H3/b23-21-. The van der Waals surface area contributed by atoms with Gasteiger partial charge in [-0.1, -0.05) is 13.8 Å². The molecule has 2 unspecified atom stereocenters. The quantitative estimate of drug-likeness (QED) is 0.410. The highest BCUT2D eigenvalue weighted by atomic mass is 16.5. The van der Waals surface area contributed by atoms with E-state index in [1.165, 1.54) is 4.90 Å². The molecule has 0 saturated carbocycles. The number of rotatable bonds is 6. The molecule has 0 spiro atoms. The van der Waals surface area contributed by atoms with E-state index in [9.17, 15) is 14.7 Å². The smallest absolute Gasteiger partial charge is 0.295 e. The number of aliphatic hydroxyl groups excluding tert-OH is 1. The maximum Gasteiger partial charge on any atom is 0.295 e. The van der Waals surface area contributed by atoms with E-state index < -0.39 is 17.7 Å². The zero-order valence-corrected chi connectivity index (χ0v) is 18.9. The number of amides is 1. The summed E-state index contributed by atoms with van der Waals surface area (Å²) in [5.41, 5.74) is 1.38. The Balaban J connectivity index is 1.82. The van der Waals surface area contributed by atoms with Crippen LogP contribution in [0.2, 0.25) is 0 Å². The molecule has 170 valence electrons. The van der Waals surface area contributed by atoms with Gasteiger partial charge in [-0.3, -0.25) is 9.59 Å². The maximum absolute atomic E-state index is 13.1. The molecular formula is C25H29NO6. The van der Waals surface area contributed by atoms with E-state index in [0.29, 0.717) is 29.4 Å². The molecule has 0 aliphatic carbocycles. The first-order valence-electron chi connectivity index (χ1n) is 11.0. The van der Waals surface area contributed by atoms with Crippen molar-refractivity contribution in [1.29, 1.82) is 0 Å². The molecule has 0 radical (unpaired) electrons. The lowest BCUT2D eigenvalue weighted by atomic mass is 9.95. The molecule has 2 aliphatic heterocycles. The molecule has 2 aliphatic rings. The minimum absolute atomic E-state index is 0.0298. The summed E-state index contributed by atoms with van der Waals surface area (Å²) >= 11 is 0. The van der Waals surface area contributed by atoms with Gasteiger partial charge in [0, 0.05) is 18.7 Å². The van der Waals surface area contributed by atoms with Crippen molar-refractivity contribution in [2.75, 3.05) is 20.3 Å². The lowest BCUT2D eigenvalue weighted by Gasteiger charge is -2.25. The zero-order valence-electron chi connectivity index (χ0n) is 18.9. The average Bonchev–Trinajstić information content (AvgIpc) is 3.50. The summed E-state index contributed by atoms with van der Waals surface area (Å²) in [7, 11) is 1.59. The van der Waals surface area contributed by atoms with Gasteiger partial charge in [0.15, 0.2) is 0 Å². The van der Waals surface area contributed by atoms with Crippen LogP contribution in [0.1, 0.15) is 61.3 Å². The summed E-state index contributed by atoms with van der Waals surface area (Å²) in [5, 5.41) is 11.3. The minimum atomic E-state index is -0.808. The number of ketones is 1. The SMILES string of the molecule is COc1ccc(/C(O)=C2/C(=O)C(=O)N(CC3CCCO3)C2c2ccc(C)o2)cc1C(C)C. The van der Waals surface area contributed by atoms with E-state index in [-0.39, 0.29) is 29.9 Å². The first-order chi connectivity index (χ1) is 15.3. The van der Waals surface area contributed by atoms with Crippen LogP contribution in [0.25, 0.3) is 5.76 Å². The number of hydrogen-bond donors (Lipinski definition) is 1. The summed E-state index contributed by atoms with van der Waals surface area (Å²) in [6.07, 6.45) is 1.60. The van der Waals surface area contributed by atoms with Crippen molar-refractivity contribution < 1.29 is 28.6 Å². The molecule has 1 amide bonds. The van der Waals surface area contributed by atoms with Crippen LogP contribution in [0, 0.1) is 6.92 Å². The minimum Gasteiger partial charge on any atom is -0.507 e. The summed E-state index contributed by atoms with van der Waals surface area (Å²) in [4.78, 5) is 27.6. The molecule has 32 heavy (non-hydrogen) atoms. The fourth-order valence-corrected chi connectivity index (χ4v) is 4.46. The maximum atomic E-state index is 13.1. The predicted octanol–water partition coefficient (Wildman–Crippen LogP) is 4.32. The summed E-state index contributed by atoms with van der Waals surface area (Å²) in [6.45, 7) is 6.75. The molecule has 2 fully saturated rings. The van der Waals surface area contributed by atoms with Gasteiger partial charge in [0.05, 0.1) is 18.8 Å². The molecule has 2 saturated heterocycles. The number of aliphatic hydroxyl groups is 1. The largest absolute Gasteiger partial charge is 0.507 e. The van der Waals surface area contributed by atoms with Crippen LogP contribution in [-0.2, 0) is 14.3 Å². The number of aryl methyl sites for hydroxylation is 1. The fraction of sp³-hybridized carbons (Fsp3) is 0.440. The average molecular weight is 440 g/mol. The molecule has 3 heterocycles. The highest BCUT2D eigenvalue weighted by molar-refractivity contribution is 6.46. The number of carbonyl (C=O) groups excluding carboxylic acids is 2. The number of furan rings is 1. The zero-order chi connectivity index (χ0) is 23.0. The molecular weight excluding hydrogens is 410 g/mol. The lowest BCUT2D eigenvalue weighted by Crippen LogP contribution is -2.36. The van der Waals surface area contributed by atoms with Gasteiger partial charge in [-0.2, -0.15) is 0 Å². The van der Waals surface area contributed by atoms with Gasteiger partial charge in [0.25, 0.3) is 11.7 Å². The van der Waals surface area contributed by atoms with E-state index in [1.807, 2.05) is 13.8 Å². The predicted molar refractivity (Wildman–Crippen MR) is 119 cm³/mol. The molecule has 4 rings (SSSR count). The molecule has 7 nitrogen and oxygen atoms in total. The third kappa shape index (κ3) is 3.93. The van der Waals surface area contributed by atoms with Crippen molar-refractivity contribution in [3.8, 4) is 5.75 Å². The second-order valence-corrected chi connectivity index (χ2v) is 8.65. The van der Waals surface area contributed by atoms with Crippen LogP contribution in [0.15, 0.2) is 40.3 Å². The second kappa shape index (κ2) is 8.82. The number of hydrogen-bond acceptors (Lipinski definition) is 6. The molecule has 1 N–H and O–H groups in total. The monoisotopic (exact) mass is 439 g/mol. The van der Waals surface area contributed by atoms with Crippen molar-refractivity contribution in [3.63, 3.8) is 0 Å². The second-order valence-electron chi connectivity index (χ2n) is 8.65. The van der Waals surface area contributed by atoms with Gasteiger partial charge in [0.1, 0.15) is 29.1 Å². The van der Waals surface area contributed by atoms with Crippen LogP contribution >= 0.6 is 0 Å². The topological polar surface area (TPSA) is 89.2 Å². The Morgan fingerprint density at radius 3 is 2.62 bits per heavy atom. The molecule has 2 aromatic rings. The van der Waals surface area contributed by atoms with Gasteiger partial charge in [-0.15, -0.1) is 0 Å². The number of ether oxygens (including phenoxy) is 2.